The summed E-state index contributed by atoms with van der Waals surface area (Å²) in [5.74, 6) is -0.157. The highest BCUT2D eigenvalue weighted by Gasteiger charge is 2.24. The molecule has 0 bridgehead atoms. The highest BCUT2D eigenvalue weighted by atomic mass is 31.2. The fourth-order valence-corrected chi connectivity index (χ4v) is 9.94. The predicted molar refractivity (Wildman–Crippen MR) is 284 cm³/mol. The third kappa shape index (κ3) is 51.4. The fraction of sp³-hybridized carbons (Fsp3) is 0.982. The van der Waals surface area contributed by atoms with Gasteiger partial charge < -0.3 is 28.8 Å². The Morgan fingerprint density at radius 1 is 0.470 bits per heavy atom. The maximum atomic E-state index is 13.0. The van der Waals surface area contributed by atoms with Crippen LogP contribution in [0.3, 0.4) is 0 Å². The first kappa shape index (κ1) is 65.5. The first-order chi connectivity index (χ1) is 32.0. The van der Waals surface area contributed by atoms with Crippen molar-refractivity contribution >= 4 is 13.7 Å². The summed E-state index contributed by atoms with van der Waals surface area (Å²) >= 11 is 0. The molecule has 1 amide bonds. The minimum atomic E-state index is -4.56. The zero-order chi connectivity index (χ0) is 48.5. The van der Waals surface area contributed by atoms with Gasteiger partial charge in [-0.2, -0.15) is 0 Å². The summed E-state index contributed by atoms with van der Waals surface area (Å²) in [6.07, 6.45) is 58.7. The average molecular weight is 958 g/mol. The van der Waals surface area contributed by atoms with Gasteiger partial charge in [0.1, 0.15) is 13.2 Å². The van der Waals surface area contributed by atoms with Crippen LogP contribution in [-0.4, -0.2) is 68.5 Å². The summed E-state index contributed by atoms with van der Waals surface area (Å²) in [6.45, 7) is 4.76. The Bertz CT molecular complexity index is 1040. The molecular formula is C57H117N2O6P. The van der Waals surface area contributed by atoms with Crippen LogP contribution >= 0.6 is 7.82 Å². The van der Waals surface area contributed by atoms with Crippen LogP contribution in [0.4, 0.5) is 0 Å². The number of phosphoric ester groups is 1. The van der Waals surface area contributed by atoms with Crippen molar-refractivity contribution in [1.29, 1.82) is 0 Å². The van der Waals surface area contributed by atoms with Crippen LogP contribution in [0.15, 0.2) is 0 Å². The molecule has 0 spiro atoms. The van der Waals surface area contributed by atoms with E-state index in [2.05, 4.69) is 19.2 Å². The number of quaternary nitrogens is 1. The summed E-state index contributed by atoms with van der Waals surface area (Å²) in [5, 5.41) is 14.0. The molecule has 0 aliphatic rings. The number of amides is 1. The van der Waals surface area contributed by atoms with Crippen LogP contribution in [0.5, 0.6) is 0 Å². The maximum Gasteiger partial charge on any atom is 0.268 e. The van der Waals surface area contributed by atoms with E-state index in [1.807, 2.05) is 21.1 Å². The van der Waals surface area contributed by atoms with Gasteiger partial charge in [0.2, 0.25) is 5.91 Å². The highest BCUT2D eigenvalue weighted by molar-refractivity contribution is 7.45. The van der Waals surface area contributed by atoms with Crippen molar-refractivity contribution in [3.05, 3.63) is 0 Å². The molecule has 66 heavy (non-hydrogen) atoms. The van der Waals surface area contributed by atoms with E-state index in [0.29, 0.717) is 23.9 Å². The SMILES string of the molecule is CCCCCCCCCCCCCCCCCCCCCCCCCCCCCCCCCC(=O)N[C@@H](COP(=O)([O-])OCC[N+](C)(C)C)[C@H](O)CCCCCCCCCCCCCCC. The second-order valence-electron chi connectivity index (χ2n) is 21.7. The lowest BCUT2D eigenvalue weighted by Crippen LogP contribution is -2.46. The monoisotopic (exact) mass is 957 g/mol. The highest BCUT2D eigenvalue weighted by Crippen LogP contribution is 2.38. The molecule has 0 aliphatic carbocycles. The van der Waals surface area contributed by atoms with Gasteiger partial charge in [0, 0.05) is 6.42 Å². The van der Waals surface area contributed by atoms with Gasteiger partial charge in [-0.1, -0.05) is 290 Å². The smallest absolute Gasteiger partial charge is 0.268 e. The average Bonchev–Trinajstić information content (AvgIpc) is 3.28. The molecule has 0 saturated heterocycles. The number of nitrogens with zero attached hydrogens (tertiary/aromatic N) is 1. The molecule has 2 N–H and O–H groups in total. The molecule has 0 radical (unpaired) electrons. The molecule has 0 heterocycles. The number of aliphatic hydroxyl groups excluding tert-OH is 1. The van der Waals surface area contributed by atoms with Crippen molar-refractivity contribution in [2.24, 2.45) is 0 Å². The lowest BCUT2D eigenvalue weighted by atomic mass is 10.0. The van der Waals surface area contributed by atoms with Crippen LogP contribution in [0.25, 0.3) is 0 Å². The Hall–Kier alpha value is -0.500. The number of hydrogen-bond donors (Lipinski definition) is 2. The van der Waals surface area contributed by atoms with E-state index in [0.717, 1.165) is 38.5 Å². The fourth-order valence-electron chi connectivity index (χ4n) is 9.22. The van der Waals surface area contributed by atoms with Gasteiger partial charge in [-0.3, -0.25) is 9.36 Å². The summed E-state index contributed by atoms with van der Waals surface area (Å²) < 4.78 is 23.4. The van der Waals surface area contributed by atoms with Crippen molar-refractivity contribution in [3.8, 4) is 0 Å². The number of unbranched alkanes of at least 4 members (excludes halogenated alkanes) is 42. The van der Waals surface area contributed by atoms with Crippen molar-refractivity contribution < 1.29 is 32.9 Å². The molecule has 396 valence electrons. The summed E-state index contributed by atoms with van der Waals surface area (Å²) in [4.78, 5) is 25.5. The van der Waals surface area contributed by atoms with Gasteiger partial charge >= 0.3 is 0 Å². The van der Waals surface area contributed by atoms with Gasteiger partial charge in [0.25, 0.3) is 7.82 Å². The number of rotatable bonds is 55. The van der Waals surface area contributed by atoms with E-state index in [-0.39, 0.29) is 19.1 Å². The maximum absolute atomic E-state index is 13.0. The standard InChI is InChI=1S/C57H117N2O6P/c1-6-8-10-12-14-16-18-20-21-22-23-24-25-26-27-28-29-30-31-32-33-34-35-36-37-39-41-43-45-47-49-51-57(61)58-55(54-65-66(62,63)64-53-52-59(3,4)5)56(60)50-48-46-44-42-40-38-19-17-15-13-11-9-7-2/h55-56,60H,6-54H2,1-5H3,(H-,58,61,62,63)/t55-,56+/m0/s1. The third-order valence-corrected chi connectivity index (χ3v) is 14.8. The zero-order valence-corrected chi connectivity index (χ0v) is 46.1. The second kappa shape index (κ2) is 49.5. The van der Waals surface area contributed by atoms with E-state index < -0.39 is 20.0 Å². The molecule has 0 aliphatic heterocycles. The predicted octanol–water partition coefficient (Wildman–Crippen LogP) is 17.0. The molecule has 8 nitrogen and oxygen atoms in total. The Kier molecular flexibility index (Phi) is 49.1. The van der Waals surface area contributed by atoms with E-state index in [9.17, 15) is 19.4 Å². The first-order valence-corrected chi connectivity index (χ1v) is 30.8. The number of carbonyl (C=O) groups excluding carboxylic acids is 1. The number of carbonyl (C=O) groups is 1. The zero-order valence-electron chi connectivity index (χ0n) is 45.2. The Morgan fingerprint density at radius 3 is 1.03 bits per heavy atom. The van der Waals surface area contributed by atoms with Crippen molar-refractivity contribution in [3.63, 3.8) is 0 Å². The summed E-state index contributed by atoms with van der Waals surface area (Å²) in [5.41, 5.74) is 0. The van der Waals surface area contributed by atoms with Gasteiger partial charge in [0.05, 0.1) is 39.9 Å². The van der Waals surface area contributed by atoms with Gasteiger partial charge in [-0.05, 0) is 12.8 Å². The Labute approximate surface area is 412 Å². The van der Waals surface area contributed by atoms with E-state index in [4.69, 9.17) is 9.05 Å². The molecule has 0 saturated carbocycles. The normalized spacial score (nSPS) is 13.9. The molecule has 0 aromatic heterocycles. The Morgan fingerprint density at radius 2 is 0.742 bits per heavy atom. The molecule has 0 aromatic rings. The molecule has 0 rings (SSSR count). The number of hydrogen-bond acceptors (Lipinski definition) is 6. The minimum absolute atomic E-state index is 0.0164. The van der Waals surface area contributed by atoms with Crippen LogP contribution in [0.2, 0.25) is 0 Å². The van der Waals surface area contributed by atoms with Crippen LogP contribution in [0.1, 0.15) is 309 Å². The first-order valence-electron chi connectivity index (χ1n) is 29.4. The molecule has 0 fully saturated rings. The van der Waals surface area contributed by atoms with Gasteiger partial charge in [-0.15, -0.1) is 0 Å². The van der Waals surface area contributed by atoms with Crippen molar-refractivity contribution in [2.45, 2.75) is 321 Å². The van der Waals surface area contributed by atoms with Gasteiger partial charge in [-0.25, -0.2) is 0 Å². The molecule has 9 heteroatoms. The van der Waals surface area contributed by atoms with Crippen molar-refractivity contribution in [2.75, 3.05) is 40.9 Å². The lowest BCUT2D eigenvalue weighted by Gasteiger charge is -2.30. The molecule has 0 aromatic carbocycles. The number of likely N-dealkylation sites (N-methyl/N-ethyl adjacent to an activating group) is 1. The van der Waals surface area contributed by atoms with E-state index >= 15 is 0 Å². The minimum Gasteiger partial charge on any atom is -0.756 e. The van der Waals surface area contributed by atoms with Gasteiger partial charge in [0.15, 0.2) is 0 Å². The largest absolute Gasteiger partial charge is 0.756 e. The topological polar surface area (TPSA) is 108 Å². The number of phosphoric acid groups is 1. The Balaban J connectivity index is 3.95. The number of aliphatic hydroxyl groups is 1. The molecule has 3 atom stereocenters. The van der Waals surface area contributed by atoms with Crippen LogP contribution < -0.4 is 10.2 Å². The van der Waals surface area contributed by atoms with Crippen LogP contribution in [-0.2, 0) is 18.4 Å². The third-order valence-electron chi connectivity index (χ3n) is 13.8. The van der Waals surface area contributed by atoms with Crippen molar-refractivity contribution in [1.82, 2.24) is 5.32 Å². The molecule has 1 unspecified atom stereocenters. The second-order valence-corrected chi connectivity index (χ2v) is 23.1. The lowest BCUT2D eigenvalue weighted by molar-refractivity contribution is -0.870. The molecular weight excluding hydrogens is 840 g/mol. The quantitative estimate of drug-likeness (QED) is 0.0357. The summed E-state index contributed by atoms with van der Waals surface area (Å²) in [6, 6.07) is -0.794. The van der Waals surface area contributed by atoms with Crippen LogP contribution in [0, 0.1) is 0 Å². The van der Waals surface area contributed by atoms with E-state index in [1.54, 1.807) is 0 Å². The van der Waals surface area contributed by atoms with E-state index in [1.165, 1.54) is 244 Å². The summed E-state index contributed by atoms with van der Waals surface area (Å²) in [7, 11) is 1.32. The number of nitrogens with one attached hydrogen (secondary N) is 1.